The molecule has 0 bridgehead atoms. The minimum atomic E-state index is 0.877. The van der Waals surface area contributed by atoms with Crippen molar-refractivity contribution in [2.45, 2.75) is 0 Å². The summed E-state index contributed by atoms with van der Waals surface area (Å²) in [7, 11) is 0. The van der Waals surface area contributed by atoms with E-state index in [9.17, 15) is 0 Å². The van der Waals surface area contributed by atoms with Gasteiger partial charge in [-0.25, -0.2) is 0 Å². The van der Waals surface area contributed by atoms with Crippen LogP contribution >= 0.6 is 11.3 Å². The van der Waals surface area contributed by atoms with Crippen molar-refractivity contribution < 1.29 is 4.42 Å². The first-order valence-electron chi connectivity index (χ1n) is 18.0. The molecule has 0 aliphatic rings. The first kappa shape index (κ1) is 30.0. The Kier molecular flexibility index (Phi) is 6.76. The Morgan fingerprint density at radius 1 is 0.377 bits per heavy atom. The lowest BCUT2D eigenvalue weighted by Crippen LogP contribution is -2.10. The van der Waals surface area contributed by atoms with E-state index in [1.807, 2.05) is 17.4 Å². The first-order chi connectivity index (χ1) is 26.3. The SMILES string of the molecule is c1ccc(-c2cccc3cccc(-c4ccc(N(c5ccc6cc7c(cc6c5)sc5ccccc57)c5cccc6oc7ccccc7c56)cc4)c23)cc1. The smallest absolute Gasteiger partial charge is 0.137 e. The number of benzene rings is 9. The van der Waals surface area contributed by atoms with Gasteiger partial charge in [-0.1, -0.05) is 127 Å². The zero-order valence-corrected chi connectivity index (χ0v) is 29.5. The average molecular weight is 694 g/mol. The van der Waals surface area contributed by atoms with Crippen LogP contribution in [0.2, 0.25) is 0 Å². The molecule has 11 aromatic rings. The Morgan fingerprint density at radius 3 is 1.89 bits per heavy atom. The molecular weight excluding hydrogens is 663 g/mol. The third kappa shape index (κ3) is 4.86. The van der Waals surface area contributed by atoms with E-state index >= 15 is 0 Å². The Hall–Kier alpha value is -6.68. The van der Waals surface area contributed by atoms with Crippen LogP contribution in [0.5, 0.6) is 0 Å². The van der Waals surface area contributed by atoms with E-state index in [-0.39, 0.29) is 0 Å². The third-order valence-electron chi connectivity index (χ3n) is 10.6. The van der Waals surface area contributed by atoms with Crippen LogP contribution < -0.4 is 4.90 Å². The largest absolute Gasteiger partial charge is 0.456 e. The van der Waals surface area contributed by atoms with Gasteiger partial charge in [0.25, 0.3) is 0 Å². The zero-order chi connectivity index (χ0) is 34.9. The molecule has 2 aromatic heterocycles. The van der Waals surface area contributed by atoms with Gasteiger partial charge in [0.05, 0.1) is 11.1 Å². The van der Waals surface area contributed by atoms with Crippen molar-refractivity contribution in [3.8, 4) is 22.3 Å². The molecule has 3 heteroatoms. The van der Waals surface area contributed by atoms with Crippen LogP contribution in [-0.2, 0) is 0 Å². The first-order valence-corrected chi connectivity index (χ1v) is 18.8. The molecule has 248 valence electrons. The second-order valence-electron chi connectivity index (χ2n) is 13.7. The van der Waals surface area contributed by atoms with Gasteiger partial charge >= 0.3 is 0 Å². The minimum Gasteiger partial charge on any atom is -0.456 e. The third-order valence-corrected chi connectivity index (χ3v) is 11.8. The van der Waals surface area contributed by atoms with E-state index in [1.165, 1.54) is 64.0 Å². The molecule has 0 amide bonds. The summed E-state index contributed by atoms with van der Waals surface area (Å²) in [5, 5.41) is 9.80. The van der Waals surface area contributed by atoms with Crippen molar-refractivity contribution in [1.82, 2.24) is 0 Å². The number of rotatable bonds is 5. The zero-order valence-electron chi connectivity index (χ0n) is 28.7. The van der Waals surface area contributed by atoms with Gasteiger partial charge in [0, 0.05) is 36.9 Å². The average Bonchev–Trinajstić information content (AvgIpc) is 3.78. The number of anilines is 3. The molecule has 0 unspecified atom stereocenters. The Morgan fingerprint density at radius 2 is 1.06 bits per heavy atom. The van der Waals surface area contributed by atoms with Crippen molar-refractivity contribution >= 4 is 92.1 Å². The van der Waals surface area contributed by atoms with Crippen LogP contribution in [-0.4, -0.2) is 0 Å². The summed E-state index contributed by atoms with van der Waals surface area (Å²) in [6.45, 7) is 0. The number of hydrogen-bond donors (Lipinski definition) is 0. The van der Waals surface area contributed by atoms with E-state index in [1.54, 1.807) is 0 Å². The van der Waals surface area contributed by atoms with Gasteiger partial charge in [0.15, 0.2) is 0 Å². The molecule has 0 aliphatic heterocycles. The van der Waals surface area contributed by atoms with Gasteiger partial charge in [-0.3, -0.25) is 0 Å². The molecule has 0 N–H and O–H groups in total. The molecule has 2 nitrogen and oxygen atoms in total. The predicted octanol–water partition coefficient (Wildman–Crippen LogP) is 15.1. The predicted molar refractivity (Wildman–Crippen MR) is 227 cm³/mol. The van der Waals surface area contributed by atoms with Gasteiger partial charge in [-0.05, 0) is 104 Å². The molecule has 9 aromatic carbocycles. The fourth-order valence-corrected chi connectivity index (χ4v) is 9.33. The highest BCUT2D eigenvalue weighted by atomic mass is 32.1. The highest BCUT2D eigenvalue weighted by Crippen LogP contribution is 2.45. The van der Waals surface area contributed by atoms with Gasteiger partial charge < -0.3 is 9.32 Å². The quantitative estimate of drug-likeness (QED) is 0.178. The number of para-hydroxylation sites is 1. The highest BCUT2D eigenvalue weighted by Gasteiger charge is 2.20. The van der Waals surface area contributed by atoms with Crippen LogP contribution in [0.1, 0.15) is 0 Å². The summed E-state index contributed by atoms with van der Waals surface area (Å²) < 4.78 is 9.03. The summed E-state index contributed by atoms with van der Waals surface area (Å²) in [5.41, 5.74) is 9.89. The highest BCUT2D eigenvalue weighted by molar-refractivity contribution is 7.25. The summed E-state index contributed by atoms with van der Waals surface area (Å²) in [6, 6.07) is 68.0. The molecule has 11 rings (SSSR count). The Bertz CT molecular complexity index is 3170. The van der Waals surface area contributed by atoms with Gasteiger partial charge in [-0.15, -0.1) is 11.3 Å². The minimum absolute atomic E-state index is 0.877. The van der Waals surface area contributed by atoms with Crippen molar-refractivity contribution in [2.24, 2.45) is 0 Å². The second kappa shape index (κ2) is 11.9. The Labute approximate surface area is 310 Å². The molecule has 0 spiro atoms. The van der Waals surface area contributed by atoms with E-state index < -0.39 is 0 Å². The van der Waals surface area contributed by atoms with Crippen molar-refractivity contribution in [1.29, 1.82) is 0 Å². The molecule has 0 saturated carbocycles. The lowest BCUT2D eigenvalue weighted by molar-refractivity contribution is 0.669. The fourth-order valence-electron chi connectivity index (χ4n) is 8.19. The van der Waals surface area contributed by atoms with Crippen LogP contribution in [0.3, 0.4) is 0 Å². The lowest BCUT2D eigenvalue weighted by atomic mass is 9.91. The maximum Gasteiger partial charge on any atom is 0.137 e. The van der Waals surface area contributed by atoms with Crippen LogP contribution in [0.25, 0.3) is 85.9 Å². The topological polar surface area (TPSA) is 16.4 Å². The van der Waals surface area contributed by atoms with Crippen LogP contribution in [0, 0.1) is 0 Å². The Balaban J connectivity index is 1.11. The molecule has 0 fully saturated rings. The summed E-state index contributed by atoms with van der Waals surface area (Å²) >= 11 is 1.86. The van der Waals surface area contributed by atoms with E-state index in [4.69, 9.17) is 4.42 Å². The van der Waals surface area contributed by atoms with Crippen molar-refractivity contribution in [3.05, 3.63) is 188 Å². The lowest BCUT2D eigenvalue weighted by Gasteiger charge is -2.27. The fraction of sp³-hybridized carbons (Fsp3) is 0. The van der Waals surface area contributed by atoms with Gasteiger partial charge in [-0.2, -0.15) is 0 Å². The summed E-state index contributed by atoms with van der Waals surface area (Å²) in [5.74, 6) is 0. The maximum absolute atomic E-state index is 6.40. The van der Waals surface area contributed by atoms with Crippen molar-refractivity contribution in [2.75, 3.05) is 4.90 Å². The van der Waals surface area contributed by atoms with Crippen molar-refractivity contribution in [3.63, 3.8) is 0 Å². The molecule has 0 radical (unpaired) electrons. The number of furan rings is 1. The molecule has 53 heavy (non-hydrogen) atoms. The summed E-state index contributed by atoms with van der Waals surface area (Å²) in [6.07, 6.45) is 0. The summed E-state index contributed by atoms with van der Waals surface area (Å²) in [4.78, 5) is 2.39. The number of hydrogen-bond acceptors (Lipinski definition) is 3. The van der Waals surface area contributed by atoms with Gasteiger partial charge in [0.2, 0.25) is 0 Å². The van der Waals surface area contributed by atoms with E-state index in [2.05, 4.69) is 187 Å². The van der Waals surface area contributed by atoms with E-state index in [0.717, 1.165) is 39.0 Å². The molecule has 2 heterocycles. The van der Waals surface area contributed by atoms with Crippen LogP contribution in [0.15, 0.2) is 192 Å². The number of nitrogens with zero attached hydrogens (tertiary/aromatic N) is 1. The standard InChI is InChI=1S/C50H31NOS/c1-2-11-32(12-3-1)39-17-8-13-34-14-9-18-40(49(34)39)33-23-26-37(27-24-33)51(44-19-10-21-46-50(44)42-16-4-6-20-45(42)52-46)38-28-25-35-30-43-41-15-5-7-22-47(41)53-48(43)31-36(35)29-38/h1-31H. The molecule has 0 aliphatic carbocycles. The number of thiophene rings is 1. The molecule has 0 saturated heterocycles. The second-order valence-corrected chi connectivity index (χ2v) is 14.8. The monoisotopic (exact) mass is 693 g/mol. The normalized spacial score (nSPS) is 11.8. The van der Waals surface area contributed by atoms with Crippen LogP contribution in [0.4, 0.5) is 17.1 Å². The molecular formula is C50H31NOS. The maximum atomic E-state index is 6.40. The van der Waals surface area contributed by atoms with E-state index in [0.29, 0.717) is 0 Å². The van der Waals surface area contributed by atoms with Gasteiger partial charge in [0.1, 0.15) is 11.2 Å². The number of fused-ring (bicyclic) bond motifs is 8. The molecule has 0 atom stereocenters.